The molecule has 3 nitrogen and oxygen atoms in total. The molecule has 0 radical (unpaired) electrons. The average Bonchev–Trinajstić information content (AvgIpc) is 2.17. The van der Waals surface area contributed by atoms with Crippen LogP contribution in [0.3, 0.4) is 0 Å². The Morgan fingerprint density at radius 3 is 2.71 bits per heavy atom. The van der Waals surface area contributed by atoms with Gasteiger partial charge in [0.2, 0.25) is 0 Å². The minimum atomic E-state index is -1.47. The molecule has 0 aliphatic carbocycles. The number of rotatable bonds is 1. The largest absolute Gasteiger partial charge is 0.490 e. The van der Waals surface area contributed by atoms with E-state index in [1.165, 1.54) is 6.20 Å². The fourth-order valence-electron chi connectivity index (χ4n) is 1.65. The number of benzene rings is 1. The molecule has 0 fully saturated rings. The van der Waals surface area contributed by atoms with Gasteiger partial charge in [0.15, 0.2) is 0 Å². The van der Waals surface area contributed by atoms with Crippen LogP contribution in [0.1, 0.15) is 5.56 Å². The maximum Gasteiger partial charge on any atom is 0.490 e. The monoisotopic (exact) mass is 187 g/mol. The summed E-state index contributed by atoms with van der Waals surface area (Å²) < 4.78 is 0. The molecule has 0 aliphatic heterocycles. The molecule has 0 amide bonds. The summed E-state index contributed by atoms with van der Waals surface area (Å²) in [4.78, 5) is 3.96. The van der Waals surface area contributed by atoms with E-state index in [-0.39, 0.29) is 0 Å². The third kappa shape index (κ3) is 1.39. The SMILES string of the molecule is Cc1cccc2cncc(B(O)O)c12. The van der Waals surface area contributed by atoms with Crippen LogP contribution in [-0.4, -0.2) is 22.2 Å². The van der Waals surface area contributed by atoms with Crippen LogP contribution in [-0.2, 0) is 0 Å². The number of hydrogen-bond acceptors (Lipinski definition) is 3. The van der Waals surface area contributed by atoms with Gasteiger partial charge in [-0.15, -0.1) is 0 Å². The lowest BCUT2D eigenvalue weighted by Gasteiger charge is -2.07. The smallest absolute Gasteiger partial charge is 0.423 e. The van der Waals surface area contributed by atoms with Gasteiger partial charge in [0, 0.05) is 17.9 Å². The number of hydrogen-bond donors (Lipinski definition) is 2. The van der Waals surface area contributed by atoms with E-state index < -0.39 is 7.12 Å². The fraction of sp³-hybridized carbons (Fsp3) is 0.100. The summed E-state index contributed by atoms with van der Waals surface area (Å²) in [5.74, 6) is 0. The lowest BCUT2D eigenvalue weighted by molar-refractivity contribution is 0.426. The molecule has 0 unspecified atom stereocenters. The van der Waals surface area contributed by atoms with E-state index in [0.717, 1.165) is 16.3 Å². The highest BCUT2D eigenvalue weighted by molar-refractivity contribution is 6.62. The zero-order valence-corrected chi connectivity index (χ0v) is 7.81. The zero-order valence-electron chi connectivity index (χ0n) is 7.81. The molecule has 0 atom stereocenters. The molecule has 4 heteroatoms. The Bertz CT molecular complexity index is 465. The summed E-state index contributed by atoms with van der Waals surface area (Å²) in [6.07, 6.45) is 3.20. The van der Waals surface area contributed by atoms with E-state index in [9.17, 15) is 0 Å². The predicted molar refractivity (Wildman–Crippen MR) is 56.3 cm³/mol. The van der Waals surface area contributed by atoms with Gasteiger partial charge in [0.05, 0.1) is 0 Å². The molecular weight excluding hydrogens is 177 g/mol. The van der Waals surface area contributed by atoms with Crippen molar-refractivity contribution in [3.63, 3.8) is 0 Å². The van der Waals surface area contributed by atoms with Crippen molar-refractivity contribution in [2.75, 3.05) is 0 Å². The van der Waals surface area contributed by atoms with E-state index in [1.54, 1.807) is 6.20 Å². The van der Waals surface area contributed by atoms with E-state index in [2.05, 4.69) is 4.98 Å². The minimum absolute atomic E-state index is 0.459. The molecule has 2 rings (SSSR count). The van der Waals surface area contributed by atoms with Crippen LogP contribution >= 0.6 is 0 Å². The van der Waals surface area contributed by atoms with Crippen molar-refractivity contribution in [2.24, 2.45) is 0 Å². The van der Waals surface area contributed by atoms with Crippen molar-refractivity contribution in [1.82, 2.24) is 4.98 Å². The van der Waals surface area contributed by atoms with Crippen LogP contribution < -0.4 is 5.46 Å². The van der Waals surface area contributed by atoms with E-state index in [4.69, 9.17) is 10.0 Å². The zero-order chi connectivity index (χ0) is 10.1. The second-order valence-corrected chi connectivity index (χ2v) is 3.28. The third-order valence-corrected chi connectivity index (χ3v) is 2.30. The second kappa shape index (κ2) is 3.40. The van der Waals surface area contributed by atoms with Crippen molar-refractivity contribution in [3.8, 4) is 0 Å². The predicted octanol–water partition coefficient (Wildman–Crippen LogP) is 0.223. The van der Waals surface area contributed by atoms with E-state index in [0.29, 0.717) is 5.46 Å². The van der Waals surface area contributed by atoms with E-state index >= 15 is 0 Å². The highest BCUT2D eigenvalue weighted by atomic mass is 16.4. The average molecular weight is 187 g/mol. The molecule has 14 heavy (non-hydrogen) atoms. The fourth-order valence-corrected chi connectivity index (χ4v) is 1.65. The second-order valence-electron chi connectivity index (χ2n) is 3.28. The number of nitrogens with zero attached hydrogens (tertiary/aromatic N) is 1. The van der Waals surface area contributed by atoms with Gasteiger partial charge < -0.3 is 10.0 Å². The summed E-state index contributed by atoms with van der Waals surface area (Å²) in [7, 11) is -1.47. The molecule has 0 bridgehead atoms. The summed E-state index contributed by atoms with van der Waals surface area (Å²) in [6, 6.07) is 5.77. The lowest BCUT2D eigenvalue weighted by Crippen LogP contribution is -2.31. The number of aromatic nitrogens is 1. The molecular formula is C10H10BNO2. The van der Waals surface area contributed by atoms with Crippen LogP contribution in [0.2, 0.25) is 0 Å². The Balaban J connectivity index is 2.84. The van der Waals surface area contributed by atoms with Crippen LogP contribution in [0.25, 0.3) is 10.8 Å². The van der Waals surface area contributed by atoms with Crippen molar-refractivity contribution < 1.29 is 10.0 Å². The van der Waals surface area contributed by atoms with Gasteiger partial charge in [-0.2, -0.15) is 0 Å². The van der Waals surface area contributed by atoms with Crippen molar-refractivity contribution in [1.29, 1.82) is 0 Å². The van der Waals surface area contributed by atoms with Crippen LogP contribution in [0, 0.1) is 6.92 Å². The molecule has 0 spiro atoms. The van der Waals surface area contributed by atoms with Crippen molar-refractivity contribution in [2.45, 2.75) is 6.92 Å². The number of aryl methyl sites for hydroxylation is 1. The topological polar surface area (TPSA) is 53.4 Å². The van der Waals surface area contributed by atoms with Crippen LogP contribution in [0.15, 0.2) is 30.6 Å². The van der Waals surface area contributed by atoms with Gasteiger partial charge in [-0.25, -0.2) is 0 Å². The van der Waals surface area contributed by atoms with Gasteiger partial charge in [-0.3, -0.25) is 4.98 Å². The summed E-state index contributed by atoms with van der Waals surface area (Å²) in [6.45, 7) is 1.94. The first-order chi connectivity index (χ1) is 6.70. The molecule has 0 aliphatic rings. The molecule has 0 saturated heterocycles. The highest BCUT2D eigenvalue weighted by Gasteiger charge is 2.15. The van der Waals surface area contributed by atoms with Gasteiger partial charge >= 0.3 is 7.12 Å². The lowest BCUT2D eigenvalue weighted by atomic mass is 9.77. The quantitative estimate of drug-likeness (QED) is 0.628. The van der Waals surface area contributed by atoms with Crippen LogP contribution in [0.4, 0.5) is 0 Å². The van der Waals surface area contributed by atoms with Gasteiger partial charge in [0.25, 0.3) is 0 Å². The van der Waals surface area contributed by atoms with Crippen molar-refractivity contribution >= 4 is 23.4 Å². The molecule has 0 saturated carbocycles. The Hall–Kier alpha value is -1.39. The Morgan fingerprint density at radius 2 is 2.00 bits per heavy atom. The highest BCUT2D eigenvalue weighted by Crippen LogP contribution is 2.14. The number of pyridine rings is 1. The first-order valence-electron chi connectivity index (χ1n) is 4.39. The molecule has 1 aromatic heterocycles. The Morgan fingerprint density at radius 1 is 1.21 bits per heavy atom. The Labute approximate surface area is 82.2 Å². The van der Waals surface area contributed by atoms with Crippen LogP contribution in [0.5, 0.6) is 0 Å². The summed E-state index contributed by atoms with van der Waals surface area (Å²) >= 11 is 0. The normalized spacial score (nSPS) is 10.5. The van der Waals surface area contributed by atoms with Gasteiger partial charge in [0.1, 0.15) is 0 Å². The third-order valence-electron chi connectivity index (χ3n) is 2.30. The molecule has 2 N–H and O–H groups in total. The number of fused-ring (bicyclic) bond motifs is 1. The molecule has 1 aromatic carbocycles. The molecule has 70 valence electrons. The van der Waals surface area contributed by atoms with Crippen molar-refractivity contribution in [3.05, 3.63) is 36.2 Å². The molecule has 1 heterocycles. The van der Waals surface area contributed by atoms with E-state index in [1.807, 2.05) is 25.1 Å². The first kappa shape index (κ1) is 9.18. The van der Waals surface area contributed by atoms with Gasteiger partial charge in [-0.05, 0) is 23.3 Å². The minimum Gasteiger partial charge on any atom is -0.423 e. The maximum atomic E-state index is 9.16. The van der Waals surface area contributed by atoms with Gasteiger partial charge in [-0.1, -0.05) is 18.2 Å². The standard InChI is InChI=1S/C10H10BNO2/c1-7-3-2-4-8-5-12-6-9(10(7)8)11(13)14/h2-6,13-14H,1H3. The Kier molecular flexibility index (Phi) is 2.23. The maximum absolute atomic E-state index is 9.16. The molecule has 2 aromatic rings. The first-order valence-corrected chi connectivity index (χ1v) is 4.39. The summed E-state index contributed by atoms with van der Waals surface area (Å²) in [5.41, 5.74) is 1.48. The summed E-state index contributed by atoms with van der Waals surface area (Å²) in [5, 5.41) is 20.1.